The monoisotopic (exact) mass is 352 g/mol. The van der Waals surface area contributed by atoms with Crippen LogP contribution in [-0.4, -0.2) is 40.4 Å². The number of hydrogen-bond donors (Lipinski definition) is 0. The number of benzene rings is 1. The Morgan fingerprint density at radius 1 is 1.31 bits per heavy atom. The first-order valence-electron chi connectivity index (χ1n) is 8.66. The van der Waals surface area contributed by atoms with Crippen molar-refractivity contribution in [2.75, 3.05) is 24.5 Å². The molecule has 6 heteroatoms. The molecule has 0 bridgehead atoms. The highest BCUT2D eigenvalue weighted by molar-refractivity contribution is 5.80. The van der Waals surface area contributed by atoms with Gasteiger partial charge in [0.15, 0.2) is 0 Å². The fourth-order valence-corrected chi connectivity index (χ4v) is 3.21. The number of anilines is 1. The van der Waals surface area contributed by atoms with Gasteiger partial charge in [0.05, 0.1) is 12.5 Å². The van der Waals surface area contributed by atoms with E-state index in [9.17, 15) is 9.18 Å². The third-order valence-corrected chi connectivity index (χ3v) is 4.49. The summed E-state index contributed by atoms with van der Waals surface area (Å²) >= 11 is 0. The van der Waals surface area contributed by atoms with Gasteiger partial charge in [0.1, 0.15) is 5.82 Å². The summed E-state index contributed by atoms with van der Waals surface area (Å²) < 4.78 is 13.1. The standard InChI is InChI=1S/C20H21FN4O/c1-2-12-24(14-16-6-8-18(21)9-7-16)19(26)17-5-3-13-25(15-17)20-22-10-4-11-23-20/h1,4,6-11,17H,3,5,12-15H2/t17-/m0/s1. The fourth-order valence-electron chi connectivity index (χ4n) is 3.21. The van der Waals surface area contributed by atoms with E-state index in [0.29, 0.717) is 19.0 Å². The third-order valence-electron chi connectivity index (χ3n) is 4.49. The van der Waals surface area contributed by atoms with Crippen molar-refractivity contribution in [3.8, 4) is 12.3 Å². The van der Waals surface area contributed by atoms with Crippen molar-refractivity contribution in [2.24, 2.45) is 5.92 Å². The normalized spacial score (nSPS) is 16.8. The molecule has 1 aliphatic heterocycles. The third kappa shape index (κ3) is 4.37. The molecule has 1 aromatic carbocycles. The first-order chi connectivity index (χ1) is 12.7. The van der Waals surface area contributed by atoms with Gasteiger partial charge in [-0.2, -0.15) is 0 Å². The summed E-state index contributed by atoms with van der Waals surface area (Å²) in [7, 11) is 0. The van der Waals surface area contributed by atoms with E-state index in [0.717, 1.165) is 24.9 Å². The summed E-state index contributed by atoms with van der Waals surface area (Å²) in [6.45, 7) is 2.02. The van der Waals surface area contributed by atoms with Crippen molar-refractivity contribution in [1.82, 2.24) is 14.9 Å². The van der Waals surface area contributed by atoms with E-state index in [2.05, 4.69) is 15.9 Å². The van der Waals surface area contributed by atoms with Crippen LogP contribution in [0.25, 0.3) is 0 Å². The lowest BCUT2D eigenvalue weighted by atomic mass is 9.96. The van der Waals surface area contributed by atoms with Crippen LogP contribution in [0.5, 0.6) is 0 Å². The molecular formula is C20H21FN4O. The second-order valence-electron chi connectivity index (χ2n) is 6.36. The van der Waals surface area contributed by atoms with Gasteiger partial charge in [-0.15, -0.1) is 6.42 Å². The average molecular weight is 352 g/mol. The molecule has 1 aromatic heterocycles. The topological polar surface area (TPSA) is 49.3 Å². The van der Waals surface area contributed by atoms with E-state index in [1.165, 1.54) is 12.1 Å². The molecule has 0 aliphatic carbocycles. The second-order valence-corrected chi connectivity index (χ2v) is 6.36. The Morgan fingerprint density at radius 2 is 2.04 bits per heavy atom. The van der Waals surface area contributed by atoms with Crippen LogP contribution < -0.4 is 4.90 Å². The van der Waals surface area contributed by atoms with E-state index in [1.54, 1.807) is 35.5 Å². The van der Waals surface area contributed by atoms with Crippen LogP contribution in [0.2, 0.25) is 0 Å². The quantitative estimate of drug-likeness (QED) is 0.776. The zero-order chi connectivity index (χ0) is 18.4. The number of carbonyl (C=O) groups is 1. The predicted octanol–water partition coefficient (Wildman–Crippen LogP) is 2.49. The van der Waals surface area contributed by atoms with Crippen molar-refractivity contribution in [1.29, 1.82) is 0 Å². The molecule has 0 saturated carbocycles. The summed E-state index contributed by atoms with van der Waals surface area (Å²) in [5.41, 5.74) is 0.856. The van der Waals surface area contributed by atoms with Crippen LogP contribution in [0, 0.1) is 24.1 Å². The van der Waals surface area contributed by atoms with Gasteiger partial charge in [-0.05, 0) is 36.6 Å². The molecule has 1 atom stereocenters. The lowest BCUT2D eigenvalue weighted by Crippen LogP contribution is -2.45. The molecule has 5 nitrogen and oxygen atoms in total. The maximum absolute atomic E-state index is 13.1. The van der Waals surface area contributed by atoms with Crippen molar-refractivity contribution < 1.29 is 9.18 Å². The maximum atomic E-state index is 13.1. The van der Waals surface area contributed by atoms with Gasteiger partial charge in [-0.3, -0.25) is 4.79 Å². The molecule has 1 fully saturated rings. The minimum Gasteiger partial charge on any atom is -0.340 e. The zero-order valence-corrected chi connectivity index (χ0v) is 14.5. The van der Waals surface area contributed by atoms with Gasteiger partial charge in [0.2, 0.25) is 11.9 Å². The highest BCUT2D eigenvalue weighted by atomic mass is 19.1. The number of amides is 1. The number of carbonyl (C=O) groups excluding carboxylic acids is 1. The highest BCUT2D eigenvalue weighted by Crippen LogP contribution is 2.22. The van der Waals surface area contributed by atoms with E-state index in [4.69, 9.17) is 6.42 Å². The largest absolute Gasteiger partial charge is 0.340 e. The van der Waals surface area contributed by atoms with Crippen LogP contribution in [0.15, 0.2) is 42.7 Å². The fraction of sp³-hybridized carbons (Fsp3) is 0.350. The van der Waals surface area contributed by atoms with Crippen LogP contribution in [0.1, 0.15) is 18.4 Å². The number of aromatic nitrogens is 2. The number of halogens is 1. The molecule has 0 radical (unpaired) electrons. The lowest BCUT2D eigenvalue weighted by molar-refractivity contribution is -0.135. The molecule has 26 heavy (non-hydrogen) atoms. The van der Waals surface area contributed by atoms with Crippen LogP contribution in [0.3, 0.4) is 0 Å². The van der Waals surface area contributed by atoms with Crippen LogP contribution in [0.4, 0.5) is 10.3 Å². The van der Waals surface area contributed by atoms with E-state index in [-0.39, 0.29) is 24.2 Å². The molecular weight excluding hydrogens is 331 g/mol. The van der Waals surface area contributed by atoms with Crippen molar-refractivity contribution in [3.05, 3.63) is 54.1 Å². The Morgan fingerprint density at radius 3 is 2.73 bits per heavy atom. The molecule has 0 unspecified atom stereocenters. The molecule has 1 amide bonds. The minimum absolute atomic E-state index is 0.0212. The number of piperidine rings is 1. The van der Waals surface area contributed by atoms with Gasteiger partial charge in [-0.25, -0.2) is 14.4 Å². The molecule has 1 aliphatic rings. The first kappa shape index (κ1) is 17.9. The second kappa shape index (κ2) is 8.43. The lowest BCUT2D eigenvalue weighted by Gasteiger charge is -2.34. The number of nitrogens with zero attached hydrogens (tertiary/aromatic N) is 4. The predicted molar refractivity (Wildman–Crippen MR) is 97.6 cm³/mol. The summed E-state index contributed by atoms with van der Waals surface area (Å²) in [5.74, 6) is 2.77. The Labute approximate surface area is 152 Å². The number of terminal acetylenes is 1. The van der Waals surface area contributed by atoms with Gasteiger partial charge in [0, 0.05) is 32.0 Å². The summed E-state index contributed by atoms with van der Waals surface area (Å²) in [6, 6.07) is 7.91. The Kier molecular flexibility index (Phi) is 5.80. The molecule has 0 spiro atoms. The van der Waals surface area contributed by atoms with E-state index in [1.807, 2.05) is 4.90 Å². The molecule has 134 valence electrons. The zero-order valence-electron chi connectivity index (χ0n) is 14.5. The summed E-state index contributed by atoms with van der Waals surface area (Å²) in [6.07, 6.45) is 10.6. The minimum atomic E-state index is -0.297. The van der Waals surface area contributed by atoms with Crippen LogP contribution >= 0.6 is 0 Å². The van der Waals surface area contributed by atoms with Crippen molar-refractivity contribution in [2.45, 2.75) is 19.4 Å². The van der Waals surface area contributed by atoms with Gasteiger partial charge >= 0.3 is 0 Å². The van der Waals surface area contributed by atoms with Gasteiger partial charge in [-0.1, -0.05) is 18.1 Å². The average Bonchev–Trinajstić information content (AvgIpc) is 2.69. The molecule has 3 rings (SSSR count). The van der Waals surface area contributed by atoms with Gasteiger partial charge < -0.3 is 9.80 Å². The highest BCUT2D eigenvalue weighted by Gasteiger charge is 2.30. The van der Waals surface area contributed by atoms with E-state index < -0.39 is 0 Å². The molecule has 1 saturated heterocycles. The number of hydrogen-bond acceptors (Lipinski definition) is 4. The maximum Gasteiger partial charge on any atom is 0.228 e. The Balaban J connectivity index is 1.70. The SMILES string of the molecule is C#CCN(Cc1ccc(F)cc1)C(=O)[C@H]1CCCN(c2ncccn2)C1. The molecule has 0 N–H and O–H groups in total. The first-order valence-corrected chi connectivity index (χ1v) is 8.66. The summed E-state index contributed by atoms with van der Waals surface area (Å²) in [4.78, 5) is 25.3. The molecule has 2 aromatic rings. The van der Waals surface area contributed by atoms with E-state index >= 15 is 0 Å². The van der Waals surface area contributed by atoms with Crippen molar-refractivity contribution in [3.63, 3.8) is 0 Å². The van der Waals surface area contributed by atoms with Gasteiger partial charge in [0.25, 0.3) is 0 Å². The van der Waals surface area contributed by atoms with Crippen LogP contribution in [-0.2, 0) is 11.3 Å². The smallest absolute Gasteiger partial charge is 0.228 e. The molecule has 2 heterocycles. The Bertz CT molecular complexity index is 773. The van der Waals surface area contributed by atoms with Crippen molar-refractivity contribution >= 4 is 11.9 Å². The number of rotatable bonds is 5. The summed E-state index contributed by atoms with van der Waals surface area (Å²) in [5, 5.41) is 0. The Hall–Kier alpha value is -2.94.